The molecule has 0 saturated heterocycles. The van der Waals surface area contributed by atoms with E-state index in [0.29, 0.717) is 11.3 Å². The minimum absolute atomic E-state index is 0.161. The standard InChI is InChI=1S/C17H16F3N3O2S/c1-10-21-13(9-26-10)8-23-14(22-25-16(2,3)15(23)24)11-4-6-12(7-5-11)17(18,19)20/h4-7,9H,8H2,1-3H3. The molecule has 1 aliphatic heterocycles. The van der Waals surface area contributed by atoms with Crippen LogP contribution in [0, 0.1) is 6.92 Å². The van der Waals surface area contributed by atoms with Gasteiger partial charge in [-0.25, -0.2) is 4.98 Å². The highest BCUT2D eigenvalue weighted by molar-refractivity contribution is 7.09. The minimum atomic E-state index is -4.43. The predicted octanol–water partition coefficient (Wildman–Crippen LogP) is 3.97. The summed E-state index contributed by atoms with van der Waals surface area (Å²) in [6.45, 7) is 5.18. The van der Waals surface area contributed by atoms with Crippen LogP contribution in [-0.2, 0) is 22.4 Å². The fourth-order valence-electron chi connectivity index (χ4n) is 2.47. The molecule has 0 N–H and O–H groups in total. The van der Waals surface area contributed by atoms with E-state index in [2.05, 4.69) is 10.1 Å². The lowest BCUT2D eigenvalue weighted by Crippen LogP contribution is -2.52. The summed E-state index contributed by atoms with van der Waals surface area (Å²) in [4.78, 5) is 23.8. The molecule has 0 saturated carbocycles. The number of carbonyl (C=O) groups is 1. The molecule has 0 aliphatic carbocycles. The first-order valence-corrected chi connectivity index (χ1v) is 8.63. The fraction of sp³-hybridized carbons (Fsp3) is 0.353. The van der Waals surface area contributed by atoms with Gasteiger partial charge in [-0.1, -0.05) is 17.3 Å². The monoisotopic (exact) mass is 383 g/mol. The van der Waals surface area contributed by atoms with Crippen molar-refractivity contribution in [2.45, 2.75) is 39.1 Å². The number of thiazole rings is 1. The zero-order valence-electron chi connectivity index (χ0n) is 14.3. The first-order chi connectivity index (χ1) is 12.1. The van der Waals surface area contributed by atoms with E-state index in [-0.39, 0.29) is 18.3 Å². The molecule has 2 heterocycles. The van der Waals surface area contributed by atoms with Gasteiger partial charge in [0.2, 0.25) is 5.60 Å². The molecule has 5 nitrogen and oxygen atoms in total. The Morgan fingerprint density at radius 1 is 1.23 bits per heavy atom. The number of amides is 1. The van der Waals surface area contributed by atoms with Crippen LogP contribution in [0.5, 0.6) is 0 Å². The molecule has 0 atom stereocenters. The molecule has 0 radical (unpaired) electrons. The van der Waals surface area contributed by atoms with E-state index in [0.717, 1.165) is 17.1 Å². The van der Waals surface area contributed by atoms with Crippen LogP contribution in [0.4, 0.5) is 13.2 Å². The van der Waals surface area contributed by atoms with Crippen LogP contribution in [0.15, 0.2) is 34.8 Å². The summed E-state index contributed by atoms with van der Waals surface area (Å²) >= 11 is 1.45. The number of nitrogens with zero attached hydrogens (tertiary/aromatic N) is 3. The molecule has 0 unspecified atom stereocenters. The lowest BCUT2D eigenvalue weighted by molar-refractivity contribution is -0.154. The number of benzene rings is 1. The van der Waals surface area contributed by atoms with Gasteiger partial charge in [0.1, 0.15) is 0 Å². The van der Waals surface area contributed by atoms with E-state index in [9.17, 15) is 18.0 Å². The summed E-state index contributed by atoms with van der Waals surface area (Å²) in [5.74, 6) is -0.179. The van der Waals surface area contributed by atoms with Crippen molar-refractivity contribution in [2.75, 3.05) is 0 Å². The Hall–Kier alpha value is -2.42. The first-order valence-electron chi connectivity index (χ1n) is 7.75. The van der Waals surface area contributed by atoms with Crippen molar-refractivity contribution in [3.63, 3.8) is 0 Å². The molecule has 3 rings (SSSR count). The average molecular weight is 383 g/mol. The summed E-state index contributed by atoms with van der Waals surface area (Å²) < 4.78 is 38.3. The summed E-state index contributed by atoms with van der Waals surface area (Å²) in [7, 11) is 0. The molecule has 0 spiro atoms. The van der Waals surface area contributed by atoms with Gasteiger partial charge in [-0.2, -0.15) is 13.2 Å². The van der Waals surface area contributed by atoms with Crippen molar-refractivity contribution in [2.24, 2.45) is 5.16 Å². The van der Waals surface area contributed by atoms with Crippen molar-refractivity contribution in [1.29, 1.82) is 0 Å². The van der Waals surface area contributed by atoms with Gasteiger partial charge >= 0.3 is 6.18 Å². The van der Waals surface area contributed by atoms with Gasteiger partial charge in [0, 0.05) is 10.9 Å². The predicted molar refractivity (Wildman–Crippen MR) is 90.5 cm³/mol. The van der Waals surface area contributed by atoms with E-state index < -0.39 is 17.3 Å². The number of hydrogen-bond acceptors (Lipinski definition) is 5. The smallest absolute Gasteiger partial charge is 0.378 e. The molecule has 0 bridgehead atoms. The average Bonchev–Trinajstić information content (AvgIpc) is 2.97. The number of halogens is 3. The Balaban J connectivity index is 1.96. The molecular weight excluding hydrogens is 367 g/mol. The highest BCUT2D eigenvalue weighted by Gasteiger charge is 2.41. The van der Waals surface area contributed by atoms with Gasteiger partial charge in [-0.15, -0.1) is 11.3 Å². The summed E-state index contributed by atoms with van der Waals surface area (Å²) in [6.07, 6.45) is -4.43. The van der Waals surface area contributed by atoms with Gasteiger partial charge in [0.15, 0.2) is 5.84 Å². The zero-order valence-corrected chi connectivity index (χ0v) is 15.1. The second kappa shape index (κ2) is 6.39. The summed E-state index contributed by atoms with van der Waals surface area (Å²) in [6, 6.07) is 4.45. The van der Waals surface area contributed by atoms with Crippen LogP contribution in [0.25, 0.3) is 0 Å². The maximum absolute atomic E-state index is 12.8. The van der Waals surface area contributed by atoms with E-state index in [1.165, 1.54) is 28.4 Å². The van der Waals surface area contributed by atoms with Crippen LogP contribution >= 0.6 is 11.3 Å². The minimum Gasteiger partial charge on any atom is -0.378 e. The molecule has 26 heavy (non-hydrogen) atoms. The third kappa shape index (κ3) is 3.57. The summed E-state index contributed by atoms with van der Waals surface area (Å²) in [5, 5.41) is 6.68. The summed E-state index contributed by atoms with van der Waals surface area (Å²) in [5.41, 5.74) is -0.903. The second-order valence-corrected chi connectivity index (χ2v) is 7.40. The first kappa shape index (κ1) is 18.4. The Morgan fingerprint density at radius 3 is 2.42 bits per heavy atom. The van der Waals surface area contributed by atoms with Gasteiger partial charge in [-0.3, -0.25) is 9.69 Å². The van der Waals surface area contributed by atoms with Crippen LogP contribution in [0.1, 0.15) is 35.7 Å². The van der Waals surface area contributed by atoms with Crippen LogP contribution in [0.2, 0.25) is 0 Å². The zero-order chi connectivity index (χ0) is 19.1. The molecule has 1 amide bonds. The number of amidine groups is 1. The Morgan fingerprint density at radius 2 is 1.88 bits per heavy atom. The van der Waals surface area contributed by atoms with Crippen LogP contribution < -0.4 is 0 Å². The van der Waals surface area contributed by atoms with E-state index in [1.54, 1.807) is 13.8 Å². The SMILES string of the molecule is Cc1nc(CN2C(=O)C(C)(C)ON=C2c2ccc(C(F)(F)F)cc2)cs1. The second-order valence-electron chi connectivity index (χ2n) is 6.34. The third-order valence-corrected chi connectivity index (χ3v) is 4.66. The number of alkyl halides is 3. The van der Waals surface area contributed by atoms with E-state index in [1.807, 2.05) is 12.3 Å². The topological polar surface area (TPSA) is 54.8 Å². The Bertz CT molecular complexity index is 857. The van der Waals surface area contributed by atoms with Crippen LogP contribution in [0.3, 0.4) is 0 Å². The van der Waals surface area contributed by atoms with E-state index in [4.69, 9.17) is 4.84 Å². The lowest BCUT2D eigenvalue weighted by Gasteiger charge is -2.35. The van der Waals surface area contributed by atoms with Gasteiger partial charge < -0.3 is 4.84 Å². The molecule has 1 aliphatic rings. The maximum Gasteiger partial charge on any atom is 0.416 e. The van der Waals surface area contributed by atoms with Crippen molar-refractivity contribution >= 4 is 23.1 Å². The van der Waals surface area contributed by atoms with Gasteiger partial charge in [-0.05, 0) is 32.9 Å². The molecule has 1 aromatic carbocycles. The lowest BCUT2D eigenvalue weighted by atomic mass is 10.0. The number of carbonyl (C=O) groups excluding carboxylic acids is 1. The van der Waals surface area contributed by atoms with E-state index >= 15 is 0 Å². The molecule has 0 fully saturated rings. The van der Waals surface area contributed by atoms with Crippen LogP contribution in [-0.4, -0.2) is 27.2 Å². The molecule has 138 valence electrons. The van der Waals surface area contributed by atoms with Gasteiger partial charge in [0.05, 0.1) is 22.8 Å². The molecule has 9 heteroatoms. The van der Waals surface area contributed by atoms with Gasteiger partial charge in [0.25, 0.3) is 5.91 Å². The highest BCUT2D eigenvalue weighted by atomic mass is 32.1. The normalized spacial score (nSPS) is 17.1. The largest absolute Gasteiger partial charge is 0.416 e. The Kier molecular flexibility index (Phi) is 4.51. The Labute approximate surface area is 152 Å². The third-order valence-electron chi connectivity index (χ3n) is 3.83. The number of oxime groups is 1. The van der Waals surface area contributed by atoms with Crippen molar-refractivity contribution in [1.82, 2.24) is 9.88 Å². The molecular formula is C17H16F3N3O2S. The maximum atomic E-state index is 12.8. The highest BCUT2D eigenvalue weighted by Crippen LogP contribution is 2.30. The number of hydrogen-bond donors (Lipinski definition) is 0. The van der Waals surface area contributed by atoms with Crippen molar-refractivity contribution < 1.29 is 22.8 Å². The molecule has 2 aromatic rings. The number of aryl methyl sites for hydroxylation is 1. The van der Waals surface area contributed by atoms with Crippen molar-refractivity contribution in [3.8, 4) is 0 Å². The molecule has 1 aromatic heterocycles. The number of rotatable bonds is 3. The number of aromatic nitrogens is 1. The van der Waals surface area contributed by atoms with Crippen molar-refractivity contribution in [3.05, 3.63) is 51.5 Å². The fourth-order valence-corrected chi connectivity index (χ4v) is 3.08. The quantitative estimate of drug-likeness (QED) is 0.806.